The molecule has 0 aliphatic heterocycles. The van der Waals surface area contributed by atoms with Gasteiger partial charge in [0.15, 0.2) is 0 Å². The highest BCUT2D eigenvalue weighted by atomic mass is 32.1. The molecule has 2 rings (SSSR count). The summed E-state index contributed by atoms with van der Waals surface area (Å²) in [7, 11) is -3.23. The second-order valence-corrected chi connectivity index (χ2v) is 7.47. The summed E-state index contributed by atoms with van der Waals surface area (Å²) in [5.74, 6) is 0. The molecule has 23 heavy (non-hydrogen) atoms. The molecule has 0 amide bonds. The van der Waals surface area contributed by atoms with Crippen LogP contribution in [0, 0.1) is 6.92 Å². The van der Waals surface area contributed by atoms with Crippen molar-refractivity contribution in [3.05, 3.63) is 40.9 Å². The van der Waals surface area contributed by atoms with E-state index in [1.165, 1.54) is 11.3 Å². The van der Waals surface area contributed by atoms with Gasteiger partial charge in [0, 0.05) is 5.38 Å². The number of nitrogens with one attached hydrogen (secondary N) is 1. The third-order valence-corrected chi connectivity index (χ3v) is 5.79. The highest BCUT2D eigenvalue weighted by molar-refractivity contribution is 7.62. The quantitative estimate of drug-likeness (QED) is 0.444. The Hall–Kier alpha value is -1.53. The maximum atomic E-state index is 12.6. The van der Waals surface area contributed by atoms with Crippen molar-refractivity contribution in [1.29, 1.82) is 0 Å². The van der Waals surface area contributed by atoms with Crippen molar-refractivity contribution in [1.82, 2.24) is 4.98 Å². The van der Waals surface area contributed by atoms with Crippen molar-refractivity contribution in [3.8, 4) is 0 Å². The number of aryl methyl sites for hydroxylation is 1. The summed E-state index contributed by atoms with van der Waals surface area (Å²) in [5.41, 5.74) is 4.70. The molecular formula is C15H20N3O3PS. The molecule has 0 saturated heterocycles. The smallest absolute Gasteiger partial charge is 0.305 e. The maximum Gasteiger partial charge on any atom is 0.361 e. The van der Waals surface area contributed by atoms with Crippen LogP contribution in [-0.2, 0) is 13.6 Å². The molecule has 1 N–H and O–H groups in total. The van der Waals surface area contributed by atoms with E-state index in [1.54, 1.807) is 32.2 Å². The van der Waals surface area contributed by atoms with Crippen LogP contribution in [0.2, 0.25) is 0 Å². The van der Waals surface area contributed by atoms with E-state index in [1.807, 2.05) is 24.4 Å². The zero-order chi connectivity index (χ0) is 16.7. The highest BCUT2D eigenvalue weighted by Crippen LogP contribution is 2.46. The number of anilines is 1. The first kappa shape index (κ1) is 17.8. The van der Waals surface area contributed by atoms with Crippen LogP contribution in [0.3, 0.4) is 0 Å². The second-order valence-electron chi connectivity index (χ2n) is 4.59. The van der Waals surface area contributed by atoms with Gasteiger partial charge in [-0.1, -0.05) is 12.1 Å². The van der Waals surface area contributed by atoms with Crippen LogP contribution in [0.4, 0.5) is 5.13 Å². The molecular weight excluding hydrogens is 333 g/mol. The first-order chi connectivity index (χ1) is 11.1. The van der Waals surface area contributed by atoms with Gasteiger partial charge in [0.05, 0.1) is 30.4 Å². The van der Waals surface area contributed by atoms with Gasteiger partial charge in [0.2, 0.25) is 5.13 Å². The zero-order valence-corrected chi connectivity index (χ0v) is 15.1. The monoisotopic (exact) mass is 353 g/mol. The van der Waals surface area contributed by atoms with Crippen molar-refractivity contribution >= 4 is 35.6 Å². The van der Waals surface area contributed by atoms with Crippen molar-refractivity contribution in [3.63, 3.8) is 0 Å². The lowest BCUT2D eigenvalue weighted by molar-refractivity contribution is 0.230. The Morgan fingerprint density at radius 3 is 2.43 bits per heavy atom. The van der Waals surface area contributed by atoms with E-state index < -0.39 is 7.60 Å². The number of benzene rings is 1. The Morgan fingerprint density at radius 1 is 1.26 bits per heavy atom. The van der Waals surface area contributed by atoms with Crippen LogP contribution in [0.1, 0.15) is 25.1 Å². The van der Waals surface area contributed by atoms with Crippen molar-refractivity contribution < 1.29 is 13.6 Å². The first-order valence-electron chi connectivity index (χ1n) is 7.28. The highest BCUT2D eigenvalue weighted by Gasteiger charge is 2.26. The van der Waals surface area contributed by atoms with E-state index in [9.17, 15) is 4.57 Å². The molecule has 1 aromatic heterocycles. The van der Waals surface area contributed by atoms with Crippen LogP contribution < -0.4 is 10.7 Å². The summed E-state index contributed by atoms with van der Waals surface area (Å²) in [5, 5.41) is 7.37. The number of hydrogen-bond donors (Lipinski definition) is 1. The molecule has 0 atom stereocenters. The van der Waals surface area contributed by atoms with Crippen LogP contribution in [0.25, 0.3) is 0 Å². The van der Waals surface area contributed by atoms with Gasteiger partial charge < -0.3 is 9.05 Å². The molecule has 0 fully saturated rings. The van der Waals surface area contributed by atoms with Gasteiger partial charge in [0.25, 0.3) is 0 Å². The minimum Gasteiger partial charge on any atom is -0.305 e. The molecule has 6 nitrogen and oxygen atoms in total. The summed E-state index contributed by atoms with van der Waals surface area (Å²) >= 11 is 1.50. The van der Waals surface area contributed by atoms with Gasteiger partial charge in [-0.2, -0.15) is 5.10 Å². The number of thiazole rings is 1. The SMILES string of the molecule is CCOP(=O)(OCC)c1ccc(C=NNc2nc(C)cs2)cc1. The van der Waals surface area contributed by atoms with E-state index in [4.69, 9.17) is 9.05 Å². The summed E-state index contributed by atoms with van der Waals surface area (Å²) in [6.45, 7) is 6.17. The van der Waals surface area contributed by atoms with E-state index in [0.717, 1.165) is 16.4 Å². The predicted octanol–water partition coefficient (Wildman–Crippen LogP) is 3.79. The first-order valence-corrected chi connectivity index (χ1v) is 9.70. The lowest BCUT2D eigenvalue weighted by Gasteiger charge is -2.17. The molecule has 0 unspecified atom stereocenters. The normalized spacial score (nSPS) is 12.0. The minimum absolute atomic E-state index is 0.331. The molecule has 1 aromatic carbocycles. The minimum atomic E-state index is -3.23. The summed E-state index contributed by atoms with van der Waals surface area (Å²) in [6.07, 6.45) is 1.67. The Bertz CT molecular complexity index is 690. The van der Waals surface area contributed by atoms with Gasteiger partial charge in [-0.25, -0.2) is 4.98 Å². The number of hydrogen-bond acceptors (Lipinski definition) is 7. The molecule has 0 saturated carbocycles. The fourth-order valence-electron chi connectivity index (χ4n) is 1.84. The van der Waals surface area contributed by atoms with Gasteiger partial charge in [-0.15, -0.1) is 11.3 Å². The second kappa shape index (κ2) is 8.36. The van der Waals surface area contributed by atoms with Gasteiger partial charge in [-0.3, -0.25) is 9.99 Å². The van der Waals surface area contributed by atoms with Crippen LogP contribution >= 0.6 is 18.9 Å². The fourth-order valence-corrected chi connectivity index (χ4v) is 4.04. The summed E-state index contributed by atoms with van der Waals surface area (Å²) in [4.78, 5) is 4.25. The molecule has 0 spiro atoms. The third kappa shape index (κ3) is 4.97. The van der Waals surface area contributed by atoms with E-state index in [2.05, 4.69) is 15.5 Å². The standard InChI is InChI=1S/C15H20N3O3PS/c1-4-20-22(19,21-5-2)14-8-6-13(7-9-14)10-16-18-15-17-12(3)11-23-15/h6-11H,4-5H2,1-3H3,(H,17,18). The van der Waals surface area contributed by atoms with Gasteiger partial charge in [-0.05, 0) is 38.5 Å². The average molecular weight is 353 g/mol. The largest absolute Gasteiger partial charge is 0.361 e. The summed E-state index contributed by atoms with van der Waals surface area (Å²) < 4.78 is 23.3. The van der Waals surface area contributed by atoms with E-state index in [0.29, 0.717) is 18.5 Å². The third-order valence-electron chi connectivity index (χ3n) is 2.80. The molecule has 0 radical (unpaired) electrons. The average Bonchev–Trinajstić information content (AvgIpc) is 2.94. The van der Waals surface area contributed by atoms with Crippen LogP contribution in [-0.4, -0.2) is 24.4 Å². The topological polar surface area (TPSA) is 72.8 Å². The maximum absolute atomic E-state index is 12.6. The Morgan fingerprint density at radius 2 is 1.91 bits per heavy atom. The van der Waals surface area contributed by atoms with Crippen molar-refractivity contribution in [2.75, 3.05) is 18.6 Å². The molecule has 2 aromatic rings. The van der Waals surface area contributed by atoms with Crippen molar-refractivity contribution in [2.24, 2.45) is 5.10 Å². The number of hydrazone groups is 1. The summed E-state index contributed by atoms with van der Waals surface area (Å²) in [6, 6.07) is 7.11. The molecule has 124 valence electrons. The fraction of sp³-hybridized carbons (Fsp3) is 0.333. The van der Waals surface area contributed by atoms with Crippen LogP contribution in [0.15, 0.2) is 34.7 Å². The Labute approximate surface area is 140 Å². The zero-order valence-electron chi connectivity index (χ0n) is 13.4. The Balaban J connectivity index is 2.04. The molecule has 1 heterocycles. The predicted molar refractivity (Wildman–Crippen MR) is 95.0 cm³/mol. The van der Waals surface area contributed by atoms with Gasteiger partial charge >= 0.3 is 7.60 Å². The van der Waals surface area contributed by atoms with Crippen molar-refractivity contribution in [2.45, 2.75) is 20.8 Å². The van der Waals surface area contributed by atoms with Gasteiger partial charge in [0.1, 0.15) is 0 Å². The van der Waals surface area contributed by atoms with E-state index in [-0.39, 0.29) is 0 Å². The Kier molecular flexibility index (Phi) is 6.47. The lowest BCUT2D eigenvalue weighted by atomic mass is 10.2. The van der Waals surface area contributed by atoms with Crippen LogP contribution in [0.5, 0.6) is 0 Å². The van der Waals surface area contributed by atoms with E-state index >= 15 is 0 Å². The molecule has 0 aliphatic rings. The number of rotatable bonds is 8. The molecule has 0 bridgehead atoms. The molecule has 8 heteroatoms. The number of nitrogens with zero attached hydrogens (tertiary/aromatic N) is 2. The molecule has 0 aliphatic carbocycles. The number of aromatic nitrogens is 1. The lowest BCUT2D eigenvalue weighted by Crippen LogP contribution is -2.10.